The number of hydrogen-bond acceptors (Lipinski definition) is 0. The first-order chi connectivity index (χ1) is 17.7. The number of benzene rings is 4. The molecule has 0 bridgehead atoms. The monoisotopic (exact) mass is 474 g/mol. The molecule has 0 spiro atoms. The molecular formula is C35H35F. The van der Waals surface area contributed by atoms with Gasteiger partial charge in [0.2, 0.25) is 0 Å². The Morgan fingerprint density at radius 2 is 1.33 bits per heavy atom. The van der Waals surface area contributed by atoms with Crippen molar-refractivity contribution in [2.24, 2.45) is 0 Å². The van der Waals surface area contributed by atoms with Gasteiger partial charge in [-0.15, -0.1) is 0 Å². The summed E-state index contributed by atoms with van der Waals surface area (Å²) in [5.41, 5.74) is 6.62. The Hall–Kier alpha value is -3.63. The molecule has 0 unspecified atom stereocenters. The molecule has 0 fully saturated rings. The highest BCUT2D eigenvalue weighted by molar-refractivity contribution is 5.85. The molecule has 0 heterocycles. The number of unbranched alkanes of at least 4 members (excludes halogenated alkanes) is 1. The molecule has 0 aliphatic rings. The van der Waals surface area contributed by atoms with Gasteiger partial charge in [-0.25, -0.2) is 4.39 Å². The fourth-order valence-corrected chi connectivity index (χ4v) is 4.45. The number of allylic oxidation sites excluding steroid dienone is 2. The van der Waals surface area contributed by atoms with E-state index < -0.39 is 0 Å². The third kappa shape index (κ3) is 6.96. The average molecular weight is 475 g/mol. The maximum atomic E-state index is 15.2. The highest BCUT2D eigenvalue weighted by Crippen LogP contribution is 2.23. The van der Waals surface area contributed by atoms with Crippen LogP contribution in [-0.4, -0.2) is 0 Å². The Kier molecular flexibility index (Phi) is 9.12. The summed E-state index contributed by atoms with van der Waals surface area (Å²) >= 11 is 0. The summed E-state index contributed by atoms with van der Waals surface area (Å²) in [5.74, 6) is 5.92. The van der Waals surface area contributed by atoms with Gasteiger partial charge in [0.25, 0.3) is 0 Å². The standard InChI is InChI=1S/C35H35F/c1-3-5-7-9-28-12-16-30(17-13-28)20-22-32-23-24-33-26-31(21-25-34(33)35(32)36)19-18-29-14-10-27(11-15-29)8-6-4-2/h3,5,10-17,21,23-26H,4,6-9,18-19H2,1-2H3/b5-3+. The minimum absolute atomic E-state index is 0.239. The van der Waals surface area contributed by atoms with E-state index >= 15 is 4.39 Å². The van der Waals surface area contributed by atoms with Gasteiger partial charge in [0.15, 0.2) is 0 Å². The van der Waals surface area contributed by atoms with E-state index in [0.29, 0.717) is 10.9 Å². The zero-order chi connectivity index (χ0) is 25.2. The van der Waals surface area contributed by atoms with Crippen molar-refractivity contribution in [3.8, 4) is 11.8 Å². The van der Waals surface area contributed by atoms with Crippen LogP contribution in [0.3, 0.4) is 0 Å². The highest BCUT2D eigenvalue weighted by Gasteiger charge is 2.07. The lowest BCUT2D eigenvalue weighted by atomic mass is 9.98. The Morgan fingerprint density at radius 3 is 2.06 bits per heavy atom. The molecule has 0 aliphatic carbocycles. The first-order valence-corrected chi connectivity index (χ1v) is 13.2. The van der Waals surface area contributed by atoms with Gasteiger partial charge in [0.1, 0.15) is 5.82 Å². The molecule has 4 aromatic carbocycles. The van der Waals surface area contributed by atoms with Crippen LogP contribution >= 0.6 is 0 Å². The van der Waals surface area contributed by atoms with Gasteiger partial charge in [-0.3, -0.25) is 0 Å². The lowest BCUT2D eigenvalue weighted by molar-refractivity contribution is 0.636. The van der Waals surface area contributed by atoms with Crippen molar-refractivity contribution in [2.45, 2.75) is 58.8 Å². The molecule has 0 saturated carbocycles. The van der Waals surface area contributed by atoms with E-state index in [2.05, 4.69) is 73.4 Å². The molecule has 0 nitrogen and oxygen atoms in total. The molecule has 0 amide bonds. The first-order valence-electron chi connectivity index (χ1n) is 13.2. The van der Waals surface area contributed by atoms with Crippen LogP contribution in [0, 0.1) is 17.7 Å². The predicted octanol–water partition coefficient (Wildman–Crippen LogP) is 9.02. The van der Waals surface area contributed by atoms with Crippen molar-refractivity contribution in [1.82, 2.24) is 0 Å². The molecular weight excluding hydrogens is 439 g/mol. The molecule has 0 radical (unpaired) electrons. The number of halogens is 1. The Bertz CT molecular complexity index is 1360. The summed E-state index contributed by atoms with van der Waals surface area (Å²) in [7, 11) is 0. The van der Waals surface area contributed by atoms with E-state index in [-0.39, 0.29) is 5.82 Å². The Labute approximate surface area is 215 Å². The maximum Gasteiger partial charge on any atom is 0.146 e. The quantitative estimate of drug-likeness (QED) is 0.168. The molecule has 0 aromatic heterocycles. The summed E-state index contributed by atoms with van der Waals surface area (Å²) in [5, 5.41) is 1.56. The molecule has 0 atom stereocenters. The fourth-order valence-electron chi connectivity index (χ4n) is 4.45. The smallest absolute Gasteiger partial charge is 0.146 e. The minimum Gasteiger partial charge on any atom is -0.205 e. The fraction of sp³-hybridized carbons (Fsp3) is 0.257. The number of fused-ring (bicyclic) bond motifs is 1. The summed E-state index contributed by atoms with van der Waals surface area (Å²) in [6, 6.07) is 27.1. The molecule has 36 heavy (non-hydrogen) atoms. The second-order valence-corrected chi connectivity index (χ2v) is 9.46. The van der Waals surface area contributed by atoms with E-state index in [1.807, 2.05) is 37.3 Å². The summed E-state index contributed by atoms with van der Waals surface area (Å²) in [6.45, 7) is 4.27. The number of hydrogen-bond donors (Lipinski definition) is 0. The van der Waals surface area contributed by atoms with Gasteiger partial charge in [0.05, 0.1) is 5.56 Å². The molecule has 4 rings (SSSR count). The van der Waals surface area contributed by atoms with E-state index in [4.69, 9.17) is 0 Å². The van der Waals surface area contributed by atoms with Crippen molar-refractivity contribution in [3.63, 3.8) is 0 Å². The first kappa shape index (κ1) is 25.5. The van der Waals surface area contributed by atoms with Gasteiger partial charge in [-0.1, -0.05) is 98.0 Å². The van der Waals surface area contributed by atoms with Gasteiger partial charge in [-0.2, -0.15) is 0 Å². The third-order valence-electron chi connectivity index (χ3n) is 6.69. The zero-order valence-corrected chi connectivity index (χ0v) is 21.5. The molecule has 182 valence electrons. The highest BCUT2D eigenvalue weighted by atomic mass is 19.1. The van der Waals surface area contributed by atoms with Crippen LogP contribution in [0.2, 0.25) is 0 Å². The maximum absolute atomic E-state index is 15.2. The lowest BCUT2D eigenvalue weighted by Crippen LogP contribution is -1.94. The van der Waals surface area contributed by atoms with Crippen LogP contribution in [0.25, 0.3) is 10.8 Å². The normalized spacial score (nSPS) is 11.1. The van der Waals surface area contributed by atoms with Crippen molar-refractivity contribution < 1.29 is 4.39 Å². The predicted molar refractivity (Wildman–Crippen MR) is 152 cm³/mol. The van der Waals surface area contributed by atoms with E-state index in [0.717, 1.165) is 43.1 Å². The summed E-state index contributed by atoms with van der Waals surface area (Å²) in [4.78, 5) is 0. The Balaban J connectivity index is 1.41. The van der Waals surface area contributed by atoms with Crippen LogP contribution in [0.15, 0.2) is 91.0 Å². The van der Waals surface area contributed by atoms with Crippen LogP contribution in [-0.2, 0) is 25.7 Å². The second-order valence-electron chi connectivity index (χ2n) is 9.46. The Morgan fingerprint density at radius 1 is 0.694 bits per heavy atom. The zero-order valence-electron chi connectivity index (χ0n) is 21.5. The van der Waals surface area contributed by atoms with Gasteiger partial charge in [0, 0.05) is 10.9 Å². The van der Waals surface area contributed by atoms with E-state index in [1.54, 1.807) is 6.07 Å². The topological polar surface area (TPSA) is 0 Å². The molecule has 4 aromatic rings. The van der Waals surface area contributed by atoms with E-state index in [9.17, 15) is 0 Å². The van der Waals surface area contributed by atoms with Crippen molar-refractivity contribution in [1.29, 1.82) is 0 Å². The second kappa shape index (κ2) is 12.9. The van der Waals surface area contributed by atoms with Crippen LogP contribution in [0.5, 0.6) is 0 Å². The van der Waals surface area contributed by atoms with E-state index in [1.165, 1.54) is 35.1 Å². The van der Waals surface area contributed by atoms with Crippen LogP contribution < -0.4 is 0 Å². The molecule has 0 N–H and O–H groups in total. The van der Waals surface area contributed by atoms with Gasteiger partial charge in [-0.05, 0) is 91.3 Å². The van der Waals surface area contributed by atoms with Crippen LogP contribution in [0.4, 0.5) is 4.39 Å². The number of rotatable bonds is 9. The molecule has 0 saturated heterocycles. The molecule has 1 heteroatoms. The van der Waals surface area contributed by atoms with Crippen LogP contribution in [0.1, 0.15) is 66.5 Å². The SMILES string of the molecule is C/C=C/CCc1ccc(C#Cc2ccc3cc(CCc4ccc(CCCC)cc4)ccc3c2F)cc1. The summed E-state index contributed by atoms with van der Waals surface area (Å²) < 4.78 is 15.2. The average Bonchev–Trinajstić information content (AvgIpc) is 2.92. The third-order valence-corrected chi connectivity index (χ3v) is 6.69. The van der Waals surface area contributed by atoms with Crippen molar-refractivity contribution >= 4 is 10.8 Å². The number of aryl methyl sites for hydroxylation is 4. The van der Waals surface area contributed by atoms with Crippen molar-refractivity contribution in [3.05, 3.63) is 130 Å². The minimum atomic E-state index is -0.239. The lowest BCUT2D eigenvalue weighted by Gasteiger charge is -2.07. The van der Waals surface area contributed by atoms with Crippen molar-refractivity contribution in [2.75, 3.05) is 0 Å². The van der Waals surface area contributed by atoms with Gasteiger partial charge >= 0.3 is 0 Å². The summed E-state index contributed by atoms with van der Waals surface area (Å²) in [6.07, 6.45) is 11.9. The largest absolute Gasteiger partial charge is 0.205 e. The molecule has 0 aliphatic heterocycles. The van der Waals surface area contributed by atoms with Gasteiger partial charge < -0.3 is 0 Å².